The molecule has 1 amide bonds. The van der Waals surface area contributed by atoms with Gasteiger partial charge in [0.2, 0.25) is 5.91 Å². The highest BCUT2D eigenvalue weighted by Gasteiger charge is 2.47. The summed E-state index contributed by atoms with van der Waals surface area (Å²) < 4.78 is 0. The first-order chi connectivity index (χ1) is 8.63. The Bertz CT molecular complexity index is 484. The fourth-order valence-corrected chi connectivity index (χ4v) is 3.44. The maximum atomic E-state index is 12.4. The summed E-state index contributed by atoms with van der Waals surface area (Å²) in [5.74, 6) is 0.754. The van der Waals surface area contributed by atoms with Crippen LogP contribution in [0.2, 0.25) is 0 Å². The predicted molar refractivity (Wildman–Crippen MR) is 73.9 cm³/mol. The van der Waals surface area contributed by atoms with Gasteiger partial charge in [0.1, 0.15) is 0 Å². The number of hydrogen-bond acceptors (Lipinski definition) is 1. The van der Waals surface area contributed by atoms with Gasteiger partial charge in [-0.2, -0.15) is 0 Å². The summed E-state index contributed by atoms with van der Waals surface area (Å²) >= 11 is 0. The highest BCUT2D eigenvalue weighted by molar-refractivity contribution is 6.06. The van der Waals surface area contributed by atoms with E-state index in [9.17, 15) is 4.79 Å². The number of carbonyl (C=O) groups excluding carboxylic acids is 1. The maximum Gasteiger partial charge on any atom is 0.235 e. The Balaban J connectivity index is 2.09. The molecule has 0 aromatic heterocycles. The molecule has 0 unspecified atom stereocenters. The van der Waals surface area contributed by atoms with Gasteiger partial charge in [-0.3, -0.25) is 4.79 Å². The zero-order chi connectivity index (χ0) is 12.8. The lowest BCUT2D eigenvalue weighted by Gasteiger charge is -2.31. The van der Waals surface area contributed by atoms with E-state index in [0.717, 1.165) is 18.5 Å². The lowest BCUT2D eigenvalue weighted by molar-refractivity contribution is -0.121. The molecule has 1 aliphatic carbocycles. The number of amides is 1. The van der Waals surface area contributed by atoms with Gasteiger partial charge < -0.3 is 5.32 Å². The molecule has 2 aliphatic rings. The molecule has 1 spiro atoms. The van der Waals surface area contributed by atoms with Gasteiger partial charge in [-0.25, -0.2) is 0 Å². The van der Waals surface area contributed by atoms with Crippen molar-refractivity contribution in [1.82, 2.24) is 0 Å². The van der Waals surface area contributed by atoms with Crippen LogP contribution >= 0.6 is 0 Å². The van der Waals surface area contributed by atoms with Crippen LogP contribution in [0.25, 0.3) is 0 Å². The largest absolute Gasteiger partial charge is 0.325 e. The van der Waals surface area contributed by atoms with Crippen molar-refractivity contribution in [2.75, 3.05) is 5.32 Å². The molecule has 0 radical (unpaired) electrons. The molecule has 96 valence electrons. The molecule has 0 atom stereocenters. The van der Waals surface area contributed by atoms with Crippen LogP contribution in [0.5, 0.6) is 0 Å². The molecule has 0 bridgehead atoms. The topological polar surface area (TPSA) is 29.1 Å². The molecule has 2 heteroatoms. The van der Waals surface area contributed by atoms with Gasteiger partial charge in [-0.05, 0) is 36.0 Å². The van der Waals surface area contributed by atoms with E-state index in [4.69, 9.17) is 0 Å². The van der Waals surface area contributed by atoms with Crippen molar-refractivity contribution < 1.29 is 4.79 Å². The summed E-state index contributed by atoms with van der Waals surface area (Å²) in [6, 6.07) is 6.50. The van der Waals surface area contributed by atoms with Crippen molar-refractivity contribution in [3.05, 3.63) is 29.3 Å². The van der Waals surface area contributed by atoms with Gasteiger partial charge in [0.15, 0.2) is 0 Å². The van der Waals surface area contributed by atoms with Gasteiger partial charge in [0, 0.05) is 5.69 Å². The SMILES string of the molecule is CC(C)c1ccc2c(c1)C1(CCCCC1)C(=O)N2. The van der Waals surface area contributed by atoms with E-state index >= 15 is 0 Å². The molecule has 2 nitrogen and oxygen atoms in total. The van der Waals surface area contributed by atoms with Crippen LogP contribution in [0, 0.1) is 0 Å². The first kappa shape index (κ1) is 11.8. The summed E-state index contributed by atoms with van der Waals surface area (Å²) in [5, 5.41) is 3.09. The highest BCUT2D eigenvalue weighted by atomic mass is 16.2. The van der Waals surface area contributed by atoms with Crippen molar-refractivity contribution in [2.45, 2.75) is 57.3 Å². The number of nitrogens with one attached hydrogen (secondary N) is 1. The molecule has 18 heavy (non-hydrogen) atoms. The standard InChI is InChI=1S/C16H21NO/c1-11(2)12-6-7-14-13(10-12)16(15(18)17-14)8-4-3-5-9-16/h6-7,10-11H,3-5,8-9H2,1-2H3,(H,17,18). The summed E-state index contributed by atoms with van der Waals surface area (Å²) in [4.78, 5) is 12.4. The normalized spacial score (nSPS) is 21.2. The fourth-order valence-electron chi connectivity index (χ4n) is 3.44. The molecule has 1 aromatic carbocycles. The molecule has 3 rings (SSSR count). The molecule has 1 saturated carbocycles. The number of anilines is 1. The van der Waals surface area contributed by atoms with E-state index < -0.39 is 0 Å². The second-order valence-electron chi connectivity index (χ2n) is 6.06. The Kier molecular flexibility index (Phi) is 2.69. The van der Waals surface area contributed by atoms with Crippen LogP contribution in [0.3, 0.4) is 0 Å². The summed E-state index contributed by atoms with van der Waals surface area (Å²) in [6.45, 7) is 4.42. The third-order valence-corrected chi connectivity index (χ3v) is 4.62. The second-order valence-corrected chi connectivity index (χ2v) is 6.06. The van der Waals surface area contributed by atoms with E-state index in [2.05, 4.69) is 37.4 Å². The Hall–Kier alpha value is -1.31. The third kappa shape index (κ3) is 1.58. The van der Waals surface area contributed by atoms with Crippen molar-refractivity contribution >= 4 is 11.6 Å². The lowest BCUT2D eigenvalue weighted by atomic mass is 9.70. The number of benzene rings is 1. The Morgan fingerprint density at radius 3 is 2.56 bits per heavy atom. The van der Waals surface area contributed by atoms with Gasteiger partial charge in [0.05, 0.1) is 5.41 Å². The van der Waals surface area contributed by atoms with E-state index in [1.54, 1.807) is 0 Å². The molecular weight excluding hydrogens is 222 g/mol. The lowest BCUT2D eigenvalue weighted by Crippen LogP contribution is -2.36. The average molecular weight is 243 g/mol. The second kappa shape index (κ2) is 4.11. The molecule has 1 aliphatic heterocycles. The maximum absolute atomic E-state index is 12.4. The van der Waals surface area contributed by atoms with E-state index in [1.165, 1.54) is 30.4 Å². The monoisotopic (exact) mass is 243 g/mol. The zero-order valence-corrected chi connectivity index (χ0v) is 11.3. The Labute approximate surface area is 109 Å². The van der Waals surface area contributed by atoms with E-state index in [-0.39, 0.29) is 11.3 Å². The van der Waals surface area contributed by atoms with Crippen molar-refractivity contribution in [1.29, 1.82) is 0 Å². The van der Waals surface area contributed by atoms with Crippen LogP contribution in [-0.4, -0.2) is 5.91 Å². The number of rotatable bonds is 1. The van der Waals surface area contributed by atoms with Crippen molar-refractivity contribution in [2.24, 2.45) is 0 Å². The van der Waals surface area contributed by atoms with Crippen molar-refractivity contribution in [3.8, 4) is 0 Å². The molecule has 1 fully saturated rings. The van der Waals surface area contributed by atoms with Gasteiger partial charge in [-0.15, -0.1) is 0 Å². The van der Waals surface area contributed by atoms with Gasteiger partial charge in [0.25, 0.3) is 0 Å². The van der Waals surface area contributed by atoms with Gasteiger partial charge in [-0.1, -0.05) is 45.2 Å². The minimum absolute atomic E-state index is 0.210. The number of carbonyl (C=O) groups is 1. The first-order valence-electron chi connectivity index (χ1n) is 7.09. The number of hydrogen-bond donors (Lipinski definition) is 1. The first-order valence-corrected chi connectivity index (χ1v) is 7.09. The third-order valence-electron chi connectivity index (χ3n) is 4.62. The Morgan fingerprint density at radius 2 is 1.89 bits per heavy atom. The Morgan fingerprint density at radius 1 is 1.17 bits per heavy atom. The average Bonchev–Trinajstić information content (AvgIpc) is 2.63. The summed E-state index contributed by atoms with van der Waals surface area (Å²) in [7, 11) is 0. The van der Waals surface area contributed by atoms with Crippen LogP contribution in [-0.2, 0) is 10.2 Å². The zero-order valence-electron chi connectivity index (χ0n) is 11.3. The molecule has 0 saturated heterocycles. The number of fused-ring (bicyclic) bond motifs is 2. The van der Waals surface area contributed by atoms with E-state index in [0.29, 0.717) is 5.92 Å². The molecule has 1 heterocycles. The fraction of sp³-hybridized carbons (Fsp3) is 0.562. The smallest absolute Gasteiger partial charge is 0.235 e. The van der Waals surface area contributed by atoms with E-state index in [1.807, 2.05) is 0 Å². The van der Waals surface area contributed by atoms with Crippen molar-refractivity contribution in [3.63, 3.8) is 0 Å². The van der Waals surface area contributed by atoms with Crippen LogP contribution in [0.15, 0.2) is 18.2 Å². The quantitative estimate of drug-likeness (QED) is 0.794. The van der Waals surface area contributed by atoms with Crippen LogP contribution in [0.1, 0.15) is 63.0 Å². The molecule has 1 N–H and O–H groups in total. The summed E-state index contributed by atoms with van der Waals surface area (Å²) in [6.07, 6.45) is 5.67. The molecular formula is C16H21NO. The highest BCUT2D eigenvalue weighted by Crippen LogP contribution is 2.48. The minimum Gasteiger partial charge on any atom is -0.325 e. The van der Waals surface area contributed by atoms with Gasteiger partial charge >= 0.3 is 0 Å². The van der Waals surface area contributed by atoms with Crippen LogP contribution < -0.4 is 5.32 Å². The predicted octanol–water partition coefficient (Wildman–Crippen LogP) is 3.96. The minimum atomic E-state index is -0.210. The summed E-state index contributed by atoms with van der Waals surface area (Å²) in [5.41, 5.74) is 3.44. The van der Waals surface area contributed by atoms with Crippen LogP contribution in [0.4, 0.5) is 5.69 Å². The molecule has 1 aromatic rings.